The third kappa shape index (κ3) is 12.2. The highest BCUT2D eigenvalue weighted by molar-refractivity contribution is 5.85. The van der Waals surface area contributed by atoms with Crippen molar-refractivity contribution in [3.8, 4) is 0 Å². The minimum atomic E-state index is -1.15. The number of carboxylic acids is 1. The Morgan fingerprint density at radius 3 is 2.37 bits per heavy atom. The molecule has 1 atom stereocenters. The van der Waals surface area contributed by atoms with Gasteiger partial charge in [-0.15, -0.1) is 12.4 Å². The number of carbonyl (C=O) groups is 2. The Balaban J connectivity index is -0.00000128. The first-order chi connectivity index (χ1) is 7.78. The maximum atomic E-state index is 12.4. The number of alkyl halides is 1. The highest BCUT2D eigenvalue weighted by Gasteiger charge is 2.17. The van der Waals surface area contributed by atoms with E-state index in [0.717, 1.165) is 0 Å². The average Bonchev–Trinajstić information content (AvgIpc) is 2.25. The van der Waals surface area contributed by atoms with Gasteiger partial charge in [-0.1, -0.05) is 0 Å². The number of esters is 1. The molecule has 0 spiro atoms. The molecule has 3 N–H and O–H groups in total. The largest absolute Gasteiger partial charge is 1.00 e. The predicted octanol–water partition coefficient (Wildman–Crippen LogP) is -2.85. The second-order valence-electron chi connectivity index (χ2n) is 4.48. The van der Waals surface area contributed by atoms with Crippen molar-refractivity contribution in [2.75, 3.05) is 34.0 Å². The number of ether oxygens (including phenoxy) is 1. The molecule has 0 heterocycles. The second kappa shape index (κ2) is 11.2. The Kier molecular flexibility index (Phi) is 13.9. The summed E-state index contributed by atoms with van der Waals surface area (Å²) in [5, 5.41) is 8.49. The van der Waals surface area contributed by atoms with Crippen molar-refractivity contribution < 1.29 is 40.7 Å². The van der Waals surface area contributed by atoms with Gasteiger partial charge in [-0.25, -0.2) is 0 Å². The number of quaternary nitrogens is 1. The van der Waals surface area contributed by atoms with Gasteiger partial charge < -0.3 is 28.0 Å². The monoisotopic (exact) mass is 322 g/mol. The van der Waals surface area contributed by atoms with Crippen LogP contribution in [0.4, 0.5) is 4.39 Å². The molecule has 9 heteroatoms. The van der Waals surface area contributed by atoms with E-state index in [4.69, 9.17) is 15.6 Å². The first-order valence-electron chi connectivity index (χ1n) is 5.30. The molecule has 0 saturated carbocycles. The normalized spacial score (nSPS) is 11.8. The van der Waals surface area contributed by atoms with E-state index in [1.54, 1.807) is 14.1 Å². The lowest BCUT2D eigenvalue weighted by Gasteiger charge is -2.25. The van der Waals surface area contributed by atoms with Gasteiger partial charge in [0.2, 0.25) is 6.80 Å². The molecule has 0 aromatic heterocycles. The van der Waals surface area contributed by atoms with E-state index in [0.29, 0.717) is 6.54 Å². The van der Waals surface area contributed by atoms with Crippen LogP contribution in [0.2, 0.25) is 0 Å². The number of nitrogens with two attached hydrogens (primary N) is 1. The minimum Gasteiger partial charge on any atom is -1.00 e. The number of halogens is 3. The number of rotatable bonds is 8. The van der Waals surface area contributed by atoms with Crippen molar-refractivity contribution in [3.05, 3.63) is 0 Å². The molecule has 0 radical (unpaired) electrons. The molecule has 0 saturated heterocycles. The molecule has 0 aliphatic carbocycles. The third-order valence-electron chi connectivity index (χ3n) is 2.26. The van der Waals surface area contributed by atoms with E-state index in [2.05, 4.69) is 0 Å². The number of nitrogens with zero attached hydrogens (tertiary/aromatic N) is 1. The summed E-state index contributed by atoms with van der Waals surface area (Å²) in [5.41, 5.74) is 5.22. The van der Waals surface area contributed by atoms with Crippen molar-refractivity contribution in [3.63, 3.8) is 0 Å². The fraction of sp³-hybridized carbons (Fsp3) is 0.800. The van der Waals surface area contributed by atoms with Crippen LogP contribution >= 0.6 is 12.4 Å². The molecule has 0 rings (SSSR count). The van der Waals surface area contributed by atoms with Gasteiger partial charge >= 0.3 is 11.9 Å². The van der Waals surface area contributed by atoms with Gasteiger partial charge in [0.25, 0.3) is 0 Å². The van der Waals surface area contributed by atoms with Crippen LogP contribution in [-0.4, -0.2) is 61.6 Å². The Bertz CT molecular complexity index is 280. The molecular formula is C10H21Cl2FN2O4. The molecule has 0 fully saturated rings. The molecule has 0 aliphatic heterocycles. The van der Waals surface area contributed by atoms with E-state index in [1.165, 1.54) is 0 Å². The van der Waals surface area contributed by atoms with Crippen LogP contribution in [0.15, 0.2) is 0 Å². The number of aliphatic carboxylic acids is 1. The minimum absolute atomic E-state index is 0. The van der Waals surface area contributed by atoms with Gasteiger partial charge in [-0.2, -0.15) is 4.39 Å². The van der Waals surface area contributed by atoms with Crippen LogP contribution in [0.3, 0.4) is 0 Å². The van der Waals surface area contributed by atoms with Crippen LogP contribution in [-0.2, 0) is 14.3 Å². The van der Waals surface area contributed by atoms with E-state index >= 15 is 0 Å². The fourth-order valence-corrected chi connectivity index (χ4v) is 0.935. The van der Waals surface area contributed by atoms with E-state index in [1.807, 2.05) is 0 Å². The lowest BCUT2D eigenvalue weighted by atomic mass is 10.2. The van der Waals surface area contributed by atoms with Crippen molar-refractivity contribution in [2.45, 2.75) is 18.9 Å². The topological polar surface area (TPSA) is 89.6 Å². The molecule has 6 nitrogen and oxygen atoms in total. The third-order valence-corrected chi connectivity index (χ3v) is 2.26. The molecule has 0 unspecified atom stereocenters. The summed E-state index contributed by atoms with van der Waals surface area (Å²) in [6, 6.07) is -1.05. The molecule has 0 bridgehead atoms. The van der Waals surface area contributed by atoms with Crippen LogP contribution in [0.5, 0.6) is 0 Å². The van der Waals surface area contributed by atoms with Crippen molar-refractivity contribution in [1.29, 1.82) is 0 Å². The molecule has 116 valence electrons. The van der Waals surface area contributed by atoms with Gasteiger partial charge in [0.1, 0.15) is 19.2 Å². The SMILES string of the molecule is C[N+](C)(CF)CCOC(=O)CC[C@H](N)C(=O)O.Cl.[Cl-]. The zero-order valence-electron chi connectivity index (χ0n) is 11.0. The van der Waals surface area contributed by atoms with E-state index in [9.17, 15) is 14.0 Å². The molecule has 19 heavy (non-hydrogen) atoms. The number of hydrogen-bond donors (Lipinski definition) is 2. The van der Waals surface area contributed by atoms with Gasteiger partial charge in [-0.05, 0) is 6.42 Å². The Labute approximate surface area is 124 Å². The maximum absolute atomic E-state index is 12.4. The van der Waals surface area contributed by atoms with Crippen molar-refractivity contribution >= 4 is 24.3 Å². The van der Waals surface area contributed by atoms with Crippen LogP contribution in [0.1, 0.15) is 12.8 Å². The Morgan fingerprint density at radius 1 is 1.42 bits per heavy atom. The molecule has 0 amide bonds. The summed E-state index contributed by atoms with van der Waals surface area (Å²) < 4.78 is 17.3. The zero-order chi connectivity index (χ0) is 13.5. The van der Waals surface area contributed by atoms with Crippen LogP contribution < -0.4 is 18.1 Å². The molecule has 0 aromatic carbocycles. The first kappa shape index (κ1) is 23.5. The molecular weight excluding hydrogens is 302 g/mol. The molecule has 0 aliphatic rings. The quantitative estimate of drug-likeness (QED) is 0.285. The highest BCUT2D eigenvalue weighted by atomic mass is 35.5. The summed E-state index contributed by atoms with van der Waals surface area (Å²) in [6.45, 7) is -0.0628. The smallest absolute Gasteiger partial charge is 0.320 e. The van der Waals surface area contributed by atoms with Crippen LogP contribution in [0, 0.1) is 0 Å². The van der Waals surface area contributed by atoms with Gasteiger partial charge in [0.15, 0.2) is 0 Å². The van der Waals surface area contributed by atoms with Crippen LogP contribution in [0.25, 0.3) is 0 Å². The first-order valence-corrected chi connectivity index (χ1v) is 5.30. The Hall–Kier alpha value is -0.630. The standard InChI is InChI=1S/C10H19FN2O4.2ClH/c1-13(2,7-11)5-6-17-9(14)4-3-8(12)10(15)16;;/h8H,3-7,12H2,1-2H3;2*1H/t8-;;/m0../s1. The maximum Gasteiger partial charge on any atom is 0.320 e. The summed E-state index contributed by atoms with van der Waals surface area (Å²) in [6.07, 6.45) is -0.00789. The fourth-order valence-electron chi connectivity index (χ4n) is 0.935. The lowest BCUT2D eigenvalue weighted by Crippen LogP contribution is -3.00. The average molecular weight is 323 g/mol. The second-order valence-corrected chi connectivity index (χ2v) is 4.48. The highest BCUT2D eigenvalue weighted by Crippen LogP contribution is 2.00. The number of carbonyl (C=O) groups excluding carboxylic acids is 1. The summed E-state index contributed by atoms with van der Waals surface area (Å²) in [5.74, 6) is -1.66. The van der Waals surface area contributed by atoms with Gasteiger partial charge in [0.05, 0.1) is 14.1 Å². The number of carboxylic acid groups (broad SMARTS) is 1. The zero-order valence-corrected chi connectivity index (χ0v) is 12.5. The number of likely N-dealkylation sites (N-methyl/N-ethyl adjacent to an activating group) is 1. The predicted molar refractivity (Wildman–Crippen MR) is 66.0 cm³/mol. The lowest BCUT2D eigenvalue weighted by molar-refractivity contribution is -0.902. The summed E-state index contributed by atoms with van der Waals surface area (Å²) >= 11 is 0. The van der Waals surface area contributed by atoms with Crippen molar-refractivity contribution in [2.24, 2.45) is 5.73 Å². The van der Waals surface area contributed by atoms with E-state index < -0.39 is 24.8 Å². The number of hydrogen-bond acceptors (Lipinski definition) is 4. The summed E-state index contributed by atoms with van der Waals surface area (Å²) in [4.78, 5) is 21.5. The van der Waals surface area contributed by atoms with Crippen molar-refractivity contribution in [1.82, 2.24) is 0 Å². The van der Waals surface area contributed by atoms with Gasteiger partial charge in [0, 0.05) is 6.42 Å². The molecule has 0 aromatic rings. The van der Waals surface area contributed by atoms with E-state index in [-0.39, 0.29) is 48.7 Å². The van der Waals surface area contributed by atoms with Gasteiger partial charge in [-0.3, -0.25) is 14.1 Å². The Morgan fingerprint density at radius 2 is 1.95 bits per heavy atom. The summed E-state index contributed by atoms with van der Waals surface area (Å²) in [7, 11) is 3.35.